The largest absolute Gasteiger partial charge is 0.310 e. The van der Waals surface area contributed by atoms with Crippen LogP contribution in [0.5, 0.6) is 0 Å². The number of hydrogen-bond donors (Lipinski definition) is 1. The Hall–Kier alpha value is -1.49. The van der Waals surface area contributed by atoms with E-state index in [0.29, 0.717) is 0 Å². The third-order valence-electron chi connectivity index (χ3n) is 3.35. The van der Waals surface area contributed by atoms with E-state index in [9.17, 15) is 0 Å². The Morgan fingerprint density at radius 3 is 2.76 bits per heavy atom. The van der Waals surface area contributed by atoms with E-state index in [0.717, 1.165) is 24.5 Å². The van der Waals surface area contributed by atoms with Crippen LogP contribution in [0.4, 0.5) is 0 Å². The summed E-state index contributed by atoms with van der Waals surface area (Å²) in [6.45, 7) is 3.99. The molecule has 0 amide bonds. The fraction of sp³-hybridized carbons (Fsp3) is 0.235. The molecule has 108 valence electrons. The first-order valence-electron chi connectivity index (χ1n) is 7.07. The molecule has 0 saturated carbocycles. The van der Waals surface area contributed by atoms with Crippen molar-refractivity contribution in [3.05, 3.63) is 64.1 Å². The van der Waals surface area contributed by atoms with Crippen LogP contribution in [0.1, 0.15) is 16.1 Å². The van der Waals surface area contributed by atoms with Crippen LogP contribution in [-0.2, 0) is 13.0 Å². The quantitative estimate of drug-likeness (QED) is 0.677. The number of thiazole rings is 1. The minimum Gasteiger partial charge on any atom is -0.310 e. The molecule has 1 N–H and O–H groups in total. The van der Waals surface area contributed by atoms with E-state index < -0.39 is 0 Å². The second-order valence-corrected chi connectivity index (χ2v) is 6.99. The molecule has 0 unspecified atom stereocenters. The van der Waals surface area contributed by atoms with Crippen LogP contribution < -0.4 is 5.32 Å². The van der Waals surface area contributed by atoms with Crippen molar-refractivity contribution in [2.24, 2.45) is 0 Å². The van der Waals surface area contributed by atoms with Crippen LogP contribution in [0.2, 0.25) is 0 Å². The summed E-state index contributed by atoms with van der Waals surface area (Å²) in [5.41, 5.74) is 2.71. The van der Waals surface area contributed by atoms with E-state index in [4.69, 9.17) is 0 Å². The molecule has 0 radical (unpaired) electrons. The highest BCUT2D eigenvalue weighted by Gasteiger charge is 2.07. The Bertz CT molecular complexity index is 686. The van der Waals surface area contributed by atoms with E-state index in [2.05, 4.69) is 59.0 Å². The van der Waals surface area contributed by atoms with Crippen molar-refractivity contribution in [2.45, 2.75) is 19.9 Å². The molecule has 3 aromatic rings. The number of benzene rings is 1. The Balaban J connectivity index is 1.50. The van der Waals surface area contributed by atoms with Crippen LogP contribution in [0.3, 0.4) is 0 Å². The highest BCUT2D eigenvalue weighted by molar-refractivity contribution is 7.21. The SMILES string of the molecule is Cc1ccsc1-c1cnc(CNCCc2ccccc2)s1. The fourth-order valence-electron chi connectivity index (χ4n) is 2.19. The molecule has 2 nitrogen and oxygen atoms in total. The maximum absolute atomic E-state index is 4.52. The third kappa shape index (κ3) is 3.79. The van der Waals surface area contributed by atoms with Crippen molar-refractivity contribution in [1.29, 1.82) is 0 Å². The Kier molecular flexibility index (Phi) is 4.80. The Labute approximate surface area is 133 Å². The number of rotatable bonds is 6. The molecule has 2 aromatic heterocycles. The molecule has 0 aliphatic carbocycles. The summed E-state index contributed by atoms with van der Waals surface area (Å²) in [6, 6.07) is 12.7. The van der Waals surface area contributed by atoms with E-state index in [1.54, 1.807) is 22.7 Å². The van der Waals surface area contributed by atoms with Crippen molar-refractivity contribution in [3.63, 3.8) is 0 Å². The van der Waals surface area contributed by atoms with Crippen molar-refractivity contribution in [2.75, 3.05) is 6.54 Å². The number of aromatic nitrogens is 1. The highest BCUT2D eigenvalue weighted by Crippen LogP contribution is 2.33. The first-order valence-corrected chi connectivity index (χ1v) is 8.76. The zero-order valence-electron chi connectivity index (χ0n) is 12.0. The van der Waals surface area contributed by atoms with Crippen LogP contribution >= 0.6 is 22.7 Å². The van der Waals surface area contributed by atoms with Crippen molar-refractivity contribution < 1.29 is 0 Å². The first-order chi connectivity index (χ1) is 10.3. The molecule has 0 saturated heterocycles. The van der Waals surface area contributed by atoms with Crippen LogP contribution in [0.15, 0.2) is 48.0 Å². The van der Waals surface area contributed by atoms with Gasteiger partial charge in [0.2, 0.25) is 0 Å². The summed E-state index contributed by atoms with van der Waals surface area (Å²) < 4.78 is 0. The van der Waals surface area contributed by atoms with Gasteiger partial charge in [-0.15, -0.1) is 22.7 Å². The van der Waals surface area contributed by atoms with Gasteiger partial charge in [-0.1, -0.05) is 30.3 Å². The highest BCUT2D eigenvalue weighted by atomic mass is 32.1. The summed E-state index contributed by atoms with van der Waals surface area (Å²) >= 11 is 3.58. The molecule has 4 heteroatoms. The Morgan fingerprint density at radius 2 is 2.00 bits per heavy atom. The average molecular weight is 314 g/mol. The number of thiophene rings is 1. The van der Waals surface area contributed by atoms with Crippen molar-refractivity contribution >= 4 is 22.7 Å². The molecular formula is C17H18N2S2. The molecule has 0 aliphatic rings. The number of nitrogens with one attached hydrogen (secondary N) is 1. The van der Waals surface area contributed by atoms with Crippen LogP contribution in [0, 0.1) is 6.92 Å². The van der Waals surface area contributed by atoms with E-state index in [-0.39, 0.29) is 0 Å². The third-order valence-corrected chi connectivity index (χ3v) is 5.54. The molecule has 2 heterocycles. The zero-order valence-corrected chi connectivity index (χ0v) is 13.6. The summed E-state index contributed by atoms with van der Waals surface area (Å²) in [6.07, 6.45) is 3.06. The van der Waals surface area contributed by atoms with Gasteiger partial charge in [0, 0.05) is 17.6 Å². The van der Waals surface area contributed by atoms with Gasteiger partial charge in [0.25, 0.3) is 0 Å². The van der Waals surface area contributed by atoms with Crippen molar-refractivity contribution in [1.82, 2.24) is 10.3 Å². The molecule has 0 aliphatic heterocycles. The lowest BCUT2D eigenvalue weighted by atomic mass is 10.1. The molecule has 3 rings (SSSR count). The minimum absolute atomic E-state index is 0.849. The van der Waals surface area contributed by atoms with Gasteiger partial charge in [-0.25, -0.2) is 4.98 Å². The van der Waals surface area contributed by atoms with Gasteiger partial charge >= 0.3 is 0 Å². The van der Waals surface area contributed by atoms with E-state index in [1.165, 1.54) is 20.9 Å². The van der Waals surface area contributed by atoms with Crippen LogP contribution in [-0.4, -0.2) is 11.5 Å². The summed E-state index contributed by atoms with van der Waals surface area (Å²) in [7, 11) is 0. The molecule has 21 heavy (non-hydrogen) atoms. The molecular weight excluding hydrogens is 296 g/mol. The maximum atomic E-state index is 4.52. The van der Waals surface area contributed by atoms with Gasteiger partial charge in [0.1, 0.15) is 5.01 Å². The van der Waals surface area contributed by atoms with Crippen molar-refractivity contribution in [3.8, 4) is 9.75 Å². The smallest absolute Gasteiger partial charge is 0.107 e. The average Bonchev–Trinajstić information content (AvgIpc) is 3.13. The number of hydrogen-bond acceptors (Lipinski definition) is 4. The lowest BCUT2D eigenvalue weighted by Gasteiger charge is -2.02. The monoisotopic (exact) mass is 314 g/mol. The fourth-order valence-corrected chi connectivity index (χ4v) is 4.19. The zero-order chi connectivity index (χ0) is 14.5. The first kappa shape index (κ1) is 14.4. The van der Waals surface area contributed by atoms with Gasteiger partial charge in [0.05, 0.1) is 4.88 Å². The predicted molar refractivity (Wildman–Crippen MR) is 92.0 cm³/mol. The maximum Gasteiger partial charge on any atom is 0.107 e. The molecule has 0 fully saturated rings. The number of nitrogens with zero attached hydrogens (tertiary/aromatic N) is 1. The molecule has 0 atom stereocenters. The summed E-state index contributed by atoms with van der Waals surface area (Å²) in [5, 5.41) is 6.77. The van der Waals surface area contributed by atoms with Gasteiger partial charge in [-0.3, -0.25) is 0 Å². The van der Waals surface area contributed by atoms with Gasteiger partial charge in [-0.05, 0) is 42.5 Å². The molecule has 1 aromatic carbocycles. The molecule has 0 bridgehead atoms. The van der Waals surface area contributed by atoms with E-state index >= 15 is 0 Å². The second kappa shape index (κ2) is 6.98. The van der Waals surface area contributed by atoms with Gasteiger partial charge in [0.15, 0.2) is 0 Å². The van der Waals surface area contributed by atoms with E-state index in [1.807, 2.05) is 6.20 Å². The number of aryl methyl sites for hydroxylation is 1. The topological polar surface area (TPSA) is 24.9 Å². The lowest BCUT2D eigenvalue weighted by Crippen LogP contribution is -2.16. The second-order valence-electron chi connectivity index (χ2n) is 4.96. The predicted octanol–water partition coefficient (Wildman–Crippen LogP) is 4.51. The molecule has 0 spiro atoms. The van der Waals surface area contributed by atoms with Gasteiger partial charge < -0.3 is 5.32 Å². The lowest BCUT2D eigenvalue weighted by molar-refractivity contribution is 0.684. The minimum atomic E-state index is 0.849. The normalized spacial score (nSPS) is 10.9. The van der Waals surface area contributed by atoms with Gasteiger partial charge in [-0.2, -0.15) is 0 Å². The van der Waals surface area contributed by atoms with Crippen LogP contribution in [0.25, 0.3) is 9.75 Å². The summed E-state index contributed by atoms with van der Waals surface area (Å²) in [4.78, 5) is 7.15. The Morgan fingerprint density at radius 1 is 1.14 bits per heavy atom. The summed E-state index contributed by atoms with van der Waals surface area (Å²) in [5.74, 6) is 0. The standard InChI is InChI=1S/C17H18N2S2/c1-13-8-10-20-17(13)15-11-19-16(21-15)12-18-9-7-14-5-3-2-4-6-14/h2-6,8,10-11,18H,7,9,12H2,1H3.